The van der Waals surface area contributed by atoms with Crippen LogP contribution in [0.15, 0.2) is 41.0 Å². The van der Waals surface area contributed by atoms with E-state index in [0.29, 0.717) is 35.0 Å². The Morgan fingerprint density at radius 3 is 2.92 bits per heavy atom. The lowest BCUT2D eigenvalue weighted by molar-refractivity contribution is -0.117. The minimum absolute atomic E-state index is 0.00234. The molecule has 2 N–H and O–H groups in total. The summed E-state index contributed by atoms with van der Waals surface area (Å²) in [5.74, 6) is -0.0322. The molecular formula is C17H17ClN2O4. The minimum atomic E-state index is -0.937. The highest BCUT2D eigenvalue weighted by Gasteiger charge is 2.26. The van der Waals surface area contributed by atoms with E-state index in [4.69, 9.17) is 16.0 Å². The van der Waals surface area contributed by atoms with E-state index in [1.165, 1.54) is 6.26 Å². The fraction of sp³-hybridized carbons (Fsp3) is 0.294. The smallest absolute Gasteiger partial charge is 0.253 e. The van der Waals surface area contributed by atoms with Gasteiger partial charge in [0, 0.05) is 18.0 Å². The molecule has 7 heteroatoms. The number of rotatable bonds is 5. The summed E-state index contributed by atoms with van der Waals surface area (Å²) in [5.41, 5.74) is 0.844. The maximum Gasteiger partial charge on any atom is 0.253 e. The zero-order valence-electron chi connectivity index (χ0n) is 12.9. The zero-order valence-corrected chi connectivity index (χ0v) is 13.6. The van der Waals surface area contributed by atoms with Gasteiger partial charge < -0.3 is 19.7 Å². The average molecular weight is 349 g/mol. The van der Waals surface area contributed by atoms with Crippen molar-refractivity contribution in [2.45, 2.75) is 18.9 Å². The van der Waals surface area contributed by atoms with Crippen LogP contribution in [0.2, 0.25) is 5.02 Å². The Hall–Kier alpha value is -2.31. The highest BCUT2D eigenvalue weighted by molar-refractivity contribution is 6.31. The highest BCUT2D eigenvalue weighted by atomic mass is 35.5. The van der Waals surface area contributed by atoms with Gasteiger partial charge in [0.1, 0.15) is 11.9 Å². The van der Waals surface area contributed by atoms with E-state index < -0.39 is 6.10 Å². The third-order valence-electron chi connectivity index (χ3n) is 3.90. The van der Waals surface area contributed by atoms with Gasteiger partial charge in [-0.25, -0.2) is 0 Å². The topological polar surface area (TPSA) is 82.8 Å². The van der Waals surface area contributed by atoms with E-state index >= 15 is 0 Å². The van der Waals surface area contributed by atoms with Crippen LogP contribution in [0.4, 0.5) is 5.69 Å². The van der Waals surface area contributed by atoms with Gasteiger partial charge in [-0.05, 0) is 36.8 Å². The molecule has 1 saturated heterocycles. The fourth-order valence-electron chi connectivity index (χ4n) is 2.69. The summed E-state index contributed by atoms with van der Waals surface area (Å²) in [4.78, 5) is 26.0. The Morgan fingerprint density at radius 1 is 1.42 bits per heavy atom. The van der Waals surface area contributed by atoms with Crippen molar-refractivity contribution in [3.05, 3.63) is 52.9 Å². The number of aliphatic hydroxyl groups is 1. The lowest BCUT2D eigenvalue weighted by Crippen LogP contribution is -2.31. The van der Waals surface area contributed by atoms with Crippen LogP contribution in [0.25, 0.3) is 0 Å². The van der Waals surface area contributed by atoms with Gasteiger partial charge in [0.2, 0.25) is 5.91 Å². The van der Waals surface area contributed by atoms with Gasteiger partial charge in [-0.2, -0.15) is 0 Å². The molecule has 1 aromatic heterocycles. The Bertz CT molecular complexity index is 745. The summed E-state index contributed by atoms with van der Waals surface area (Å²) in [7, 11) is 0. The number of aliphatic hydroxyl groups excluding tert-OH is 1. The summed E-state index contributed by atoms with van der Waals surface area (Å²) in [6.07, 6.45) is 1.73. The molecule has 1 atom stereocenters. The number of nitrogens with one attached hydrogen (secondary N) is 1. The quantitative estimate of drug-likeness (QED) is 0.869. The molecule has 126 valence electrons. The first-order chi connectivity index (χ1) is 11.6. The van der Waals surface area contributed by atoms with E-state index in [2.05, 4.69) is 5.32 Å². The predicted molar refractivity (Wildman–Crippen MR) is 89.0 cm³/mol. The Kier molecular flexibility index (Phi) is 4.87. The summed E-state index contributed by atoms with van der Waals surface area (Å²) in [6, 6.07) is 8.09. The van der Waals surface area contributed by atoms with Crippen molar-refractivity contribution in [2.75, 3.05) is 18.0 Å². The Morgan fingerprint density at radius 2 is 2.25 bits per heavy atom. The molecule has 2 heterocycles. The van der Waals surface area contributed by atoms with Crippen LogP contribution in [0, 0.1) is 0 Å². The van der Waals surface area contributed by atoms with Gasteiger partial charge in [-0.3, -0.25) is 9.59 Å². The summed E-state index contributed by atoms with van der Waals surface area (Å²) in [6.45, 7) is 0.566. The largest absolute Gasteiger partial charge is 0.467 e. The van der Waals surface area contributed by atoms with Crippen molar-refractivity contribution in [1.82, 2.24) is 5.32 Å². The van der Waals surface area contributed by atoms with E-state index in [9.17, 15) is 14.7 Å². The number of halogens is 1. The van der Waals surface area contributed by atoms with Gasteiger partial charge in [0.15, 0.2) is 0 Å². The fourth-order valence-corrected chi connectivity index (χ4v) is 2.86. The van der Waals surface area contributed by atoms with E-state index in [1.54, 1.807) is 35.2 Å². The van der Waals surface area contributed by atoms with Gasteiger partial charge >= 0.3 is 0 Å². The second-order valence-electron chi connectivity index (χ2n) is 5.55. The van der Waals surface area contributed by atoms with Crippen LogP contribution in [-0.2, 0) is 4.79 Å². The van der Waals surface area contributed by atoms with Crippen LogP contribution >= 0.6 is 11.6 Å². The summed E-state index contributed by atoms with van der Waals surface area (Å²) in [5, 5.41) is 13.1. The van der Waals surface area contributed by atoms with E-state index in [-0.39, 0.29) is 18.4 Å². The molecule has 0 bridgehead atoms. The van der Waals surface area contributed by atoms with Crippen LogP contribution < -0.4 is 10.2 Å². The Balaban J connectivity index is 1.76. The highest BCUT2D eigenvalue weighted by Crippen LogP contribution is 2.28. The first-order valence-electron chi connectivity index (χ1n) is 7.66. The van der Waals surface area contributed by atoms with Gasteiger partial charge in [0.05, 0.1) is 24.1 Å². The number of furan rings is 1. The molecule has 24 heavy (non-hydrogen) atoms. The molecule has 6 nitrogen and oxygen atoms in total. The number of nitrogens with zero attached hydrogens (tertiary/aromatic N) is 1. The minimum Gasteiger partial charge on any atom is -0.467 e. The predicted octanol–water partition coefficient (Wildman–Crippen LogP) is 2.52. The molecule has 2 amide bonds. The van der Waals surface area contributed by atoms with Crippen LogP contribution in [0.1, 0.15) is 35.1 Å². The first-order valence-corrected chi connectivity index (χ1v) is 8.03. The molecule has 0 spiro atoms. The lowest BCUT2D eigenvalue weighted by atomic mass is 10.1. The molecular weight excluding hydrogens is 332 g/mol. The second-order valence-corrected chi connectivity index (χ2v) is 5.99. The lowest BCUT2D eigenvalue weighted by Gasteiger charge is -2.20. The molecule has 2 aromatic rings. The monoisotopic (exact) mass is 348 g/mol. The van der Waals surface area contributed by atoms with Gasteiger partial charge in [0.25, 0.3) is 5.91 Å². The number of carbonyl (C=O) groups excluding carboxylic acids is 2. The van der Waals surface area contributed by atoms with Crippen LogP contribution in [0.5, 0.6) is 0 Å². The molecule has 1 aromatic carbocycles. The maximum atomic E-state index is 12.5. The van der Waals surface area contributed by atoms with Crippen molar-refractivity contribution in [1.29, 1.82) is 0 Å². The molecule has 1 aliphatic rings. The Labute approximate surface area is 144 Å². The summed E-state index contributed by atoms with van der Waals surface area (Å²) < 4.78 is 5.10. The molecule has 1 aliphatic heterocycles. The standard InChI is InChI=1S/C17H17ClN2O4/c18-11-5-6-12(13(9-11)20-7-1-4-16(20)22)17(23)19-10-14(21)15-3-2-8-24-15/h2-3,5-6,8-9,14,21H,1,4,7,10H2,(H,19,23). The van der Waals surface area contributed by atoms with Crippen LogP contribution in [-0.4, -0.2) is 30.0 Å². The number of hydrogen-bond acceptors (Lipinski definition) is 4. The zero-order chi connectivity index (χ0) is 17.1. The molecule has 0 radical (unpaired) electrons. The molecule has 0 saturated carbocycles. The van der Waals surface area contributed by atoms with Crippen molar-refractivity contribution >= 4 is 29.1 Å². The molecule has 1 fully saturated rings. The van der Waals surface area contributed by atoms with Crippen molar-refractivity contribution in [3.63, 3.8) is 0 Å². The molecule has 3 rings (SSSR count). The summed E-state index contributed by atoms with van der Waals surface area (Å²) >= 11 is 6.02. The average Bonchev–Trinajstić information content (AvgIpc) is 3.23. The number of hydrogen-bond donors (Lipinski definition) is 2. The first kappa shape index (κ1) is 16.5. The van der Waals surface area contributed by atoms with Gasteiger partial charge in [-0.1, -0.05) is 11.6 Å². The van der Waals surface area contributed by atoms with Crippen LogP contribution in [0.3, 0.4) is 0 Å². The number of benzene rings is 1. The number of carbonyl (C=O) groups is 2. The molecule has 0 aliphatic carbocycles. The number of anilines is 1. The van der Waals surface area contributed by atoms with Crippen molar-refractivity contribution in [2.24, 2.45) is 0 Å². The number of amides is 2. The molecule has 1 unspecified atom stereocenters. The van der Waals surface area contributed by atoms with E-state index in [1.807, 2.05) is 0 Å². The van der Waals surface area contributed by atoms with Gasteiger partial charge in [-0.15, -0.1) is 0 Å². The van der Waals surface area contributed by atoms with Crippen molar-refractivity contribution in [3.8, 4) is 0 Å². The SMILES string of the molecule is O=C(NCC(O)c1ccco1)c1ccc(Cl)cc1N1CCCC1=O. The second kappa shape index (κ2) is 7.07. The third-order valence-corrected chi connectivity index (χ3v) is 4.13. The van der Waals surface area contributed by atoms with E-state index in [0.717, 1.165) is 6.42 Å². The normalized spacial score (nSPS) is 15.6. The van der Waals surface area contributed by atoms with Crippen molar-refractivity contribution < 1.29 is 19.1 Å². The maximum absolute atomic E-state index is 12.5. The third kappa shape index (κ3) is 3.44.